The molecule has 0 amide bonds. The molecule has 11 nitrogen and oxygen atoms in total. The molecule has 0 radical (unpaired) electrons. The number of rotatable bonds is 71. The van der Waals surface area contributed by atoms with Crippen molar-refractivity contribution in [1.29, 1.82) is 0 Å². The lowest BCUT2D eigenvalue weighted by Crippen LogP contribution is -2.74. The summed E-state index contributed by atoms with van der Waals surface area (Å²) in [6.07, 6.45) is 67.1. The summed E-state index contributed by atoms with van der Waals surface area (Å²) in [6, 6.07) is 0. The molecule has 0 aliphatic carbocycles. The van der Waals surface area contributed by atoms with E-state index in [1.807, 2.05) is 0 Å². The van der Waals surface area contributed by atoms with Crippen LogP contribution in [0.2, 0.25) is 0 Å². The average molecular weight is 1250 g/mol. The molecule has 0 atom stereocenters. The molecule has 88 heavy (non-hydrogen) atoms. The zero-order chi connectivity index (χ0) is 64.6. The van der Waals surface area contributed by atoms with Crippen LogP contribution in [0.3, 0.4) is 0 Å². The Morgan fingerprint density at radius 1 is 0.216 bits per heavy atom. The molecule has 0 aromatic heterocycles. The highest BCUT2D eigenvalue weighted by atomic mass is 16.9. The number of esters is 4. The molecular formula is C77H148O11. The van der Waals surface area contributed by atoms with E-state index in [9.17, 15) is 34.5 Å². The summed E-state index contributed by atoms with van der Waals surface area (Å²) in [5.74, 6) is -14.5. The number of carbonyl (C=O) groups is 4. The molecule has 0 unspecified atom stereocenters. The van der Waals surface area contributed by atoms with Crippen molar-refractivity contribution in [3.8, 4) is 0 Å². The Labute approximate surface area is 544 Å². The van der Waals surface area contributed by atoms with Crippen LogP contribution in [0.5, 0.6) is 0 Å². The highest BCUT2D eigenvalue weighted by Crippen LogP contribution is 2.44. The van der Waals surface area contributed by atoms with Crippen molar-refractivity contribution >= 4 is 23.9 Å². The quantitative estimate of drug-likeness (QED) is 0.0301. The van der Waals surface area contributed by atoms with Crippen LogP contribution < -0.4 is 0 Å². The first-order chi connectivity index (χ1) is 42.9. The highest BCUT2D eigenvalue weighted by Gasteiger charge is 2.75. The highest BCUT2D eigenvalue weighted by molar-refractivity contribution is 5.75. The second kappa shape index (κ2) is 63.5. The summed E-state index contributed by atoms with van der Waals surface area (Å²) < 4.78 is 23.8. The van der Waals surface area contributed by atoms with Crippen LogP contribution in [-0.2, 0) is 38.1 Å². The topological polar surface area (TPSA) is 166 Å². The molecule has 0 saturated carbocycles. The van der Waals surface area contributed by atoms with Gasteiger partial charge in [0.1, 0.15) is 0 Å². The van der Waals surface area contributed by atoms with Crippen LogP contribution in [0.25, 0.3) is 0 Å². The Kier molecular flexibility index (Phi) is 61.9. The van der Waals surface area contributed by atoms with Crippen LogP contribution in [0, 0.1) is 0 Å². The van der Waals surface area contributed by atoms with Gasteiger partial charge in [0.15, 0.2) is 0 Å². The van der Waals surface area contributed by atoms with Gasteiger partial charge in [0.2, 0.25) is 0 Å². The summed E-state index contributed by atoms with van der Waals surface area (Å²) >= 11 is 0. The van der Waals surface area contributed by atoms with Crippen molar-refractivity contribution < 1.29 is 53.4 Å². The minimum atomic E-state index is -4.16. The third-order valence-electron chi connectivity index (χ3n) is 18.4. The Bertz CT molecular complexity index is 1430. The fraction of sp³-hybridized carbons (Fsp3) is 0.948. The third-order valence-corrected chi connectivity index (χ3v) is 18.4. The first-order valence-electron chi connectivity index (χ1n) is 38.9. The van der Waals surface area contributed by atoms with Crippen molar-refractivity contribution in [1.82, 2.24) is 0 Å². The maximum Gasteiger partial charge on any atom is 0.418 e. The van der Waals surface area contributed by atoms with Gasteiger partial charge >= 0.3 is 41.4 Å². The van der Waals surface area contributed by atoms with Gasteiger partial charge in [0.25, 0.3) is 0 Å². The van der Waals surface area contributed by atoms with Gasteiger partial charge in [-0.25, -0.2) is 0 Å². The number of carbonyl (C=O) groups excluding carboxylic acids is 4. The number of unbranched alkanes of at least 4 members (excludes halogenated alkanes) is 56. The van der Waals surface area contributed by atoms with Gasteiger partial charge in [-0.2, -0.15) is 0 Å². The maximum atomic E-state index is 14.1. The molecule has 3 N–H and O–H groups in total. The standard InChI is InChI=1S/C77H148O11/c1-6-11-15-19-23-27-31-35-39-43-47-51-55-59-63-67-71(78)85-75(10-5,86-72(79)68-64-60-56-52-48-44-40-36-32-28-24-20-16-12-7-2)76(77(82,83)84,87-73(80)69-65-61-57-53-49-45-41-37-33-29-25-21-17-13-8-3)88-74(81)70-66-62-58-54-50-46-42-38-34-30-26-22-18-14-9-4/h82-84H,6-70H2,1-5H3. The second-order valence-corrected chi connectivity index (χ2v) is 27.1. The van der Waals surface area contributed by atoms with Crippen molar-refractivity contribution in [2.45, 2.75) is 470 Å². The summed E-state index contributed by atoms with van der Waals surface area (Å²) in [5, 5.41) is 34.6. The molecule has 0 rings (SSSR count). The molecule has 0 bridgehead atoms. The van der Waals surface area contributed by atoms with E-state index in [0.717, 1.165) is 89.9 Å². The number of ether oxygens (including phenoxy) is 4. The molecule has 522 valence electrons. The van der Waals surface area contributed by atoms with Gasteiger partial charge in [-0.1, -0.05) is 394 Å². The van der Waals surface area contributed by atoms with Crippen molar-refractivity contribution in [3.63, 3.8) is 0 Å². The van der Waals surface area contributed by atoms with Gasteiger partial charge in [0, 0.05) is 32.1 Å². The van der Waals surface area contributed by atoms with Gasteiger partial charge in [-0.15, -0.1) is 0 Å². The predicted molar refractivity (Wildman–Crippen MR) is 368 cm³/mol. The van der Waals surface area contributed by atoms with Crippen molar-refractivity contribution in [2.24, 2.45) is 0 Å². The van der Waals surface area contributed by atoms with Crippen LogP contribution in [0.4, 0.5) is 0 Å². The van der Waals surface area contributed by atoms with Crippen LogP contribution in [0.15, 0.2) is 0 Å². The van der Waals surface area contributed by atoms with E-state index in [-0.39, 0.29) is 25.7 Å². The van der Waals surface area contributed by atoms with E-state index < -0.39 is 47.8 Å². The average Bonchev–Trinajstić information content (AvgIpc) is 0.754. The summed E-state index contributed by atoms with van der Waals surface area (Å²) in [7, 11) is 0. The summed E-state index contributed by atoms with van der Waals surface area (Å²) in [6.45, 7) is 10.5. The lowest BCUT2D eigenvalue weighted by Gasteiger charge is -2.47. The Hall–Kier alpha value is -2.24. The molecule has 0 heterocycles. The molecule has 0 fully saturated rings. The second-order valence-electron chi connectivity index (χ2n) is 27.1. The fourth-order valence-corrected chi connectivity index (χ4v) is 12.6. The van der Waals surface area contributed by atoms with Crippen LogP contribution in [0.1, 0.15) is 452 Å². The third kappa shape index (κ3) is 50.3. The van der Waals surface area contributed by atoms with E-state index in [1.165, 1.54) is 264 Å². The lowest BCUT2D eigenvalue weighted by atomic mass is 9.98. The number of hydrogen-bond acceptors (Lipinski definition) is 11. The van der Waals surface area contributed by atoms with Gasteiger partial charge in [-0.3, -0.25) is 19.2 Å². The first kappa shape index (κ1) is 85.8. The Morgan fingerprint density at radius 3 is 0.489 bits per heavy atom. The van der Waals surface area contributed by atoms with E-state index >= 15 is 0 Å². The minimum Gasteiger partial charge on any atom is -0.414 e. The molecule has 0 aromatic carbocycles. The molecule has 0 aromatic rings. The summed E-state index contributed by atoms with van der Waals surface area (Å²) in [4.78, 5) is 56.4. The van der Waals surface area contributed by atoms with Gasteiger partial charge < -0.3 is 34.3 Å². The maximum absolute atomic E-state index is 14.1. The van der Waals surface area contributed by atoms with Crippen molar-refractivity contribution in [2.75, 3.05) is 0 Å². The zero-order valence-corrected chi connectivity index (χ0v) is 59.1. The van der Waals surface area contributed by atoms with E-state index in [2.05, 4.69) is 27.7 Å². The van der Waals surface area contributed by atoms with Crippen molar-refractivity contribution in [3.05, 3.63) is 0 Å². The molecule has 0 saturated heterocycles. The molecule has 0 aliphatic rings. The number of hydrogen-bond donors (Lipinski definition) is 3. The zero-order valence-electron chi connectivity index (χ0n) is 59.1. The SMILES string of the molecule is CCCCCCCCCCCCCCCCCC(=O)OC(CC)(OC(=O)CCCCCCCCCCCCCCCCC)C(OC(=O)CCCCCCCCCCCCCCCCC)(OC(=O)CCCCCCCCCCCCCCCCC)C(O)(O)O. The Balaban J connectivity index is 6.11. The van der Waals surface area contributed by atoms with E-state index in [4.69, 9.17) is 18.9 Å². The predicted octanol–water partition coefficient (Wildman–Crippen LogP) is 23.6. The van der Waals surface area contributed by atoms with Gasteiger partial charge in [0.05, 0.1) is 0 Å². The van der Waals surface area contributed by atoms with E-state index in [1.54, 1.807) is 0 Å². The van der Waals surface area contributed by atoms with E-state index in [0.29, 0.717) is 38.5 Å². The van der Waals surface area contributed by atoms with Crippen LogP contribution in [-0.4, -0.2) is 56.7 Å². The minimum absolute atomic E-state index is 0.123. The lowest BCUT2D eigenvalue weighted by molar-refractivity contribution is -0.503. The molecule has 11 heteroatoms. The number of aliphatic hydroxyl groups is 3. The van der Waals surface area contributed by atoms with Crippen LogP contribution >= 0.6 is 0 Å². The monoisotopic (exact) mass is 1250 g/mol. The normalized spacial score (nSPS) is 12.0. The fourth-order valence-electron chi connectivity index (χ4n) is 12.6. The van der Waals surface area contributed by atoms with Gasteiger partial charge in [-0.05, 0) is 25.7 Å². The smallest absolute Gasteiger partial charge is 0.414 e. The largest absolute Gasteiger partial charge is 0.418 e. The molecule has 0 aliphatic heterocycles. The molecule has 0 spiro atoms. The summed E-state index contributed by atoms with van der Waals surface area (Å²) in [5.41, 5.74) is 0. The molecular weight excluding hydrogens is 1100 g/mol. The Morgan fingerprint density at radius 2 is 0.352 bits per heavy atom. The first-order valence-corrected chi connectivity index (χ1v) is 38.9.